The fourth-order valence-electron chi connectivity index (χ4n) is 4.17. The summed E-state index contributed by atoms with van der Waals surface area (Å²) in [5, 5.41) is 8.63. The number of esters is 1. The molecule has 34 heavy (non-hydrogen) atoms. The zero-order valence-electron chi connectivity index (χ0n) is 19.2. The number of carbonyl (C=O) groups excluding carboxylic acids is 1. The lowest BCUT2D eigenvalue weighted by molar-refractivity contribution is 0.0526. The maximum absolute atomic E-state index is 11.9. The van der Waals surface area contributed by atoms with Gasteiger partial charge in [0.25, 0.3) is 5.95 Å². The van der Waals surface area contributed by atoms with Crippen LogP contribution in [0.1, 0.15) is 41.3 Å². The highest BCUT2D eigenvalue weighted by atomic mass is 16.5. The van der Waals surface area contributed by atoms with Gasteiger partial charge in [-0.25, -0.2) is 14.5 Å². The number of rotatable bonds is 8. The zero-order chi connectivity index (χ0) is 23.5. The Balaban J connectivity index is 1.33. The molecule has 0 fully saturated rings. The number of aromatic nitrogens is 6. The van der Waals surface area contributed by atoms with E-state index in [2.05, 4.69) is 32.3 Å². The number of nitrogens with zero attached hydrogens (tertiary/aromatic N) is 6. The Morgan fingerprint density at radius 3 is 2.76 bits per heavy atom. The summed E-state index contributed by atoms with van der Waals surface area (Å²) in [5.74, 6) is 1.05. The van der Waals surface area contributed by atoms with Crippen LogP contribution >= 0.6 is 0 Å². The molecule has 0 aliphatic heterocycles. The molecule has 5 rings (SSSR count). The molecule has 3 heterocycles. The Morgan fingerprint density at radius 1 is 1.09 bits per heavy atom. The van der Waals surface area contributed by atoms with Crippen LogP contribution in [0.25, 0.3) is 17.0 Å². The predicted molar refractivity (Wildman–Crippen MR) is 124 cm³/mol. The molecule has 0 N–H and O–H groups in total. The van der Waals surface area contributed by atoms with E-state index in [1.54, 1.807) is 24.9 Å². The average Bonchev–Trinajstić information content (AvgIpc) is 3.51. The molecule has 10 heteroatoms. The van der Waals surface area contributed by atoms with Crippen molar-refractivity contribution in [1.29, 1.82) is 0 Å². The van der Waals surface area contributed by atoms with Gasteiger partial charge in [0, 0.05) is 6.20 Å². The second kappa shape index (κ2) is 9.50. The van der Waals surface area contributed by atoms with E-state index in [1.165, 1.54) is 41.0 Å². The molecule has 0 spiro atoms. The number of hydrogen-bond acceptors (Lipinski definition) is 8. The van der Waals surface area contributed by atoms with E-state index in [9.17, 15) is 4.79 Å². The first kappa shape index (κ1) is 21.9. The Labute approximate surface area is 196 Å². The minimum absolute atomic E-state index is 0.268. The monoisotopic (exact) mass is 462 g/mol. The highest BCUT2D eigenvalue weighted by molar-refractivity contribution is 5.88. The van der Waals surface area contributed by atoms with Crippen LogP contribution in [-0.2, 0) is 24.1 Å². The maximum Gasteiger partial charge on any atom is 0.341 e. The summed E-state index contributed by atoms with van der Waals surface area (Å²) in [6.07, 6.45) is 9.36. The lowest BCUT2D eigenvalue weighted by Crippen LogP contribution is -2.11. The van der Waals surface area contributed by atoms with Gasteiger partial charge in [-0.05, 0) is 55.9 Å². The Morgan fingerprint density at radius 2 is 1.94 bits per heavy atom. The Hall–Kier alpha value is -3.95. The van der Waals surface area contributed by atoms with E-state index in [-0.39, 0.29) is 12.6 Å². The third-order valence-electron chi connectivity index (χ3n) is 5.83. The number of methoxy groups -OCH3 is 1. The first-order chi connectivity index (χ1) is 16.7. The number of benzene rings is 1. The molecule has 176 valence electrons. The number of hydrogen-bond donors (Lipinski definition) is 0. The quantitative estimate of drug-likeness (QED) is 0.368. The predicted octanol–water partition coefficient (Wildman–Crippen LogP) is 3.16. The molecule has 1 aromatic carbocycles. The molecule has 1 aliphatic carbocycles. The van der Waals surface area contributed by atoms with Crippen molar-refractivity contribution in [3.8, 4) is 17.6 Å². The van der Waals surface area contributed by atoms with Gasteiger partial charge in [-0.2, -0.15) is 15.2 Å². The molecule has 0 saturated heterocycles. The van der Waals surface area contributed by atoms with Gasteiger partial charge in [-0.15, -0.1) is 0 Å². The summed E-state index contributed by atoms with van der Waals surface area (Å²) in [6.45, 7) is 2.99. The maximum atomic E-state index is 11.9. The molecule has 0 radical (unpaired) electrons. The fourth-order valence-corrected chi connectivity index (χ4v) is 4.17. The SMILES string of the molecule is CCOC(=O)c1cnn(-c2nc(OC)c3c(cnn3CCOc3ccc4c(c3)CCCC4)n2)c1. The molecule has 0 atom stereocenters. The topological polar surface area (TPSA) is 106 Å². The van der Waals surface area contributed by atoms with E-state index in [0.717, 1.165) is 18.6 Å². The molecule has 4 aromatic rings. The number of ether oxygens (including phenoxy) is 3. The Kier molecular flexibility index (Phi) is 6.11. The molecule has 3 aromatic heterocycles. The molecule has 0 unspecified atom stereocenters. The van der Waals surface area contributed by atoms with Crippen molar-refractivity contribution in [2.45, 2.75) is 39.2 Å². The van der Waals surface area contributed by atoms with Gasteiger partial charge in [0.15, 0.2) is 0 Å². The van der Waals surface area contributed by atoms with Crippen LogP contribution in [0, 0.1) is 0 Å². The van der Waals surface area contributed by atoms with Crippen molar-refractivity contribution in [3.63, 3.8) is 0 Å². The molecule has 1 aliphatic rings. The highest BCUT2D eigenvalue weighted by Crippen LogP contribution is 2.26. The Bertz CT molecular complexity index is 1330. The molecule has 10 nitrogen and oxygen atoms in total. The molecular formula is C24H26N6O4. The molecule has 0 amide bonds. The van der Waals surface area contributed by atoms with Crippen LogP contribution in [-0.4, -0.2) is 55.8 Å². The number of carbonyl (C=O) groups is 1. The van der Waals surface area contributed by atoms with Gasteiger partial charge in [0.1, 0.15) is 23.4 Å². The van der Waals surface area contributed by atoms with E-state index in [1.807, 2.05) is 6.07 Å². The standard InChI is InChI=1S/C24H26N6O4/c1-3-33-23(31)18-13-25-30(15-18)24-27-20-14-26-29(21(20)22(28-24)32-2)10-11-34-19-9-8-16-6-4-5-7-17(16)12-19/h8-9,12-15H,3-7,10-11H2,1-2H3. The lowest BCUT2D eigenvalue weighted by atomic mass is 9.92. The molecular weight excluding hydrogens is 436 g/mol. The first-order valence-corrected chi connectivity index (χ1v) is 11.4. The summed E-state index contributed by atoms with van der Waals surface area (Å²) >= 11 is 0. The van der Waals surface area contributed by atoms with Gasteiger partial charge >= 0.3 is 5.97 Å². The summed E-state index contributed by atoms with van der Waals surface area (Å²) in [4.78, 5) is 20.9. The van der Waals surface area contributed by atoms with Crippen LogP contribution < -0.4 is 9.47 Å². The van der Waals surface area contributed by atoms with Crippen molar-refractivity contribution in [2.24, 2.45) is 0 Å². The summed E-state index contributed by atoms with van der Waals surface area (Å²) < 4.78 is 19.7. The minimum atomic E-state index is -0.450. The summed E-state index contributed by atoms with van der Waals surface area (Å²) in [5.41, 5.74) is 4.41. The third-order valence-corrected chi connectivity index (χ3v) is 5.83. The molecule has 0 saturated carbocycles. The minimum Gasteiger partial charge on any atom is -0.492 e. The van der Waals surface area contributed by atoms with Gasteiger partial charge < -0.3 is 14.2 Å². The van der Waals surface area contributed by atoms with Gasteiger partial charge in [0.2, 0.25) is 5.88 Å². The van der Waals surface area contributed by atoms with Crippen molar-refractivity contribution < 1.29 is 19.0 Å². The van der Waals surface area contributed by atoms with Crippen molar-refractivity contribution in [3.05, 3.63) is 53.5 Å². The summed E-state index contributed by atoms with van der Waals surface area (Å²) in [6, 6.07) is 6.37. The number of fused-ring (bicyclic) bond motifs is 2. The zero-order valence-corrected chi connectivity index (χ0v) is 19.2. The second-order valence-corrected chi connectivity index (χ2v) is 8.01. The lowest BCUT2D eigenvalue weighted by Gasteiger charge is -2.17. The third kappa shape index (κ3) is 4.30. The van der Waals surface area contributed by atoms with E-state index in [0.29, 0.717) is 35.6 Å². The first-order valence-electron chi connectivity index (χ1n) is 11.4. The van der Waals surface area contributed by atoms with Crippen LogP contribution in [0.3, 0.4) is 0 Å². The van der Waals surface area contributed by atoms with Crippen molar-refractivity contribution in [2.75, 3.05) is 20.3 Å². The number of aryl methyl sites for hydroxylation is 2. The highest BCUT2D eigenvalue weighted by Gasteiger charge is 2.18. The van der Waals surface area contributed by atoms with Crippen LogP contribution in [0.5, 0.6) is 11.6 Å². The van der Waals surface area contributed by atoms with Gasteiger partial charge in [0.05, 0.1) is 38.2 Å². The van der Waals surface area contributed by atoms with E-state index >= 15 is 0 Å². The largest absolute Gasteiger partial charge is 0.492 e. The van der Waals surface area contributed by atoms with Crippen LogP contribution in [0.15, 0.2) is 36.8 Å². The molecule has 0 bridgehead atoms. The second-order valence-electron chi connectivity index (χ2n) is 8.01. The van der Waals surface area contributed by atoms with Crippen molar-refractivity contribution in [1.82, 2.24) is 29.5 Å². The van der Waals surface area contributed by atoms with E-state index < -0.39 is 5.97 Å². The van der Waals surface area contributed by atoms with Crippen molar-refractivity contribution >= 4 is 17.0 Å². The normalized spacial score (nSPS) is 13.0. The van der Waals surface area contributed by atoms with E-state index in [4.69, 9.17) is 14.2 Å². The smallest absolute Gasteiger partial charge is 0.341 e. The van der Waals surface area contributed by atoms with Gasteiger partial charge in [-0.3, -0.25) is 4.68 Å². The van der Waals surface area contributed by atoms with Crippen LogP contribution in [0.2, 0.25) is 0 Å². The van der Waals surface area contributed by atoms with Crippen LogP contribution in [0.4, 0.5) is 0 Å². The fraction of sp³-hybridized carbons (Fsp3) is 0.375. The summed E-state index contributed by atoms with van der Waals surface area (Å²) in [7, 11) is 1.54. The van der Waals surface area contributed by atoms with Gasteiger partial charge in [-0.1, -0.05) is 6.07 Å². The average molecular weight is 463 g/mol.